The summed E-state index contributed by atoms with van der Waals surface area (Å²) in [6.45, 7) is 0.302. The van der Waals surface area contributed by atoms with Crippen LogP contribution in [0.2, 0.25) is 5.15 Å². The molecule has 23 heavy (non-hydrogen) atoms. The Morgan fingerprint density at radius 1 is 1.22 bits per heavy atom. The van der Waals surface area contributed by atoms with E-state index in [1.807, 2.05) is 54.7 Å². The number of rotatable bonds is 5. The van der Waals surface area contributed by atoms with Gasteiger partial charge >= 0.3 is 0 Å². The largest absolute Gasteiger partial charge is 0.299 e. The van der Waals surface area contributed by atoms with E-state index in [0.717, 1.165) is 11.2 Å². The zero-order valence-electron chi connectivity index (χ0n) is 12.1. The van der Waals surface area contributed by atoms with Gasteiger partial charge in [-0.1, -0.05) is 48.0 Å². The van der Waals surface area contributed by atoms with Crippen molar-refractivity contribution in [2.75, 3.05) is 0 Å². The molecule has 0 saturated carbocycles. The number of hydrogen-bond acceptors (Lipinski definition) is 3. The molecule has 2 heterocycles. The third-order valence-corrected chi connectivity index (χ3v) is 3.45. The third-order valence-electron chi connectivity index (χ3n) is 3.17. The van der Waals surface area contributed by atoms with Crippen LogP contribution < -0.4 is 5.48 Å². The Balaban J connectivity index is 1.60. The van der Waals surface area contributed by atoms with Crippen LogP contribution in [-0.4, -0.2) is 15.3 Å². The van der Waals surface area contributed by atoms with Crippen LogP contribution in [0.5, 0.6) is 0 Å². The van der Waals surface area contributed by atoms with Crippen molar-refractivity contribution >= 4 is 29.2 Å². The molecule has 0 aliphatic carbocycles. The molecule has 0 atom stereocenters. The first kappa shape index (κ1) is 15.3. The molecule has 0 unspecified atom stereocenters. The van der Waals surface area contributed by atoms with Crippen molar-refractivity contribution in [3.8, 4) is 0 Å². The van der Waals surface area contributed by atoms with Gasteiger partial charge in [-0.3, -0.25) is 14.0 Å². The van der Waals surface area contributed by atoms with Gasteiger partial charge in [-0.25, -0.2) is 10.5 Å². The highest BCUT2D eigenvalue weighted by Gasteiger charge is 2.07. The number of benzene rings is 1. The summed E-state index contributed by atoms with van der Waals surface area (Å²) in [4.78, 5) is 21.2. The lowest BCUT2D eigenvalue weighted by atomic mass is 10.2. The van der Waals surface area contributed by atoms with Crippen LogP contribution >= 0.6 is 11.6 Å². The fraction of sp³-hybridized carbons (Fsp3) is 0.0588. The maximum absolute atomic E-state index is 11.8. The van der Waals surface area contributed by atoms with E-state index in [1.54, 1.807) is 10.5 Å². The second-order valence-electron chi connectivity index (χ2n) is 4.79. The number of imidazole rings is 1. The number of aromatic nitrogens is 2. The van der Waals surface area contributed by atoms with Gasteiger partial charge in [0.1, 0.15) is 5.65 Å². The Morgan fingerprint density at radius 3 is 2.83 bits per heavy atom. The Labute approximate surface area is 138 Å². The Hall–Kier alpha value is -2.63. The minimum Gasteiger partial charge on any atom is -0.299 e. The summed E-state index contributed by atoms with van der Waals surface area (Å²) in [5.74, 6) is -0.372. The van der Waals surface area contributed by atoms with Gasteiger partial charge in [0.15, 0.2) is 5.15 Å². The normalized spacial score (nSPS) is 11.2. The molecule has 0 aliphatic heterocycles. The molecule has 0 spiro atoms. The SMILES string of the molecule is O=C(/C=C\c1c(Cl)nc2ccccn12)NOCc1ccccc1. The van der Waals surface area contributed by atoms with Crippen LogP contribution in [0.1, 0.15) is 11.3 Å². The van der Waals surface area contributed by atoms with Gasteiger partial charge in [-0.05, 0) is 23.8 Å². The molecule has 0 radical (unpaired) electrons. The average Bonchev–Trinajstić information content (AvgIpc) is 2.89. The molecule has 3 aromatic rings. The summed E-state index contributed by atoms with van der Waals surface area (Å²) in [7, 11) is 0. The number of hydroxylamine groups is 1. The lowest BCUT2D eigenvalue weighted by molar-refractivity contribution is -0.129. The molecule has 0 fully saturated rings. The van der Waals surface area contributed by atoms with Crippen LogP contribution in [0.15, 0.2) is 60.8 Å². The van der Waals surface area contributed by atoms with Crippen molar-refractivity contribution < 1.29 is 9.63 Å². The van der Waals surface area contributed by atoms with Gasteiger partial charge in [-0.15, -0.1) is 0 Å². The third kappa shape index (κ3) is 3.77. The van der Waals surface area contributed by atoms with E-state index in [0.29, 0.717) is 17.5 Å². The van der Waals surface area contributed by atoms with Crippen LogP contribution in [0.3, 0.4) is 0 Å². The predicted molar refractivity (Wildman–Crippen MR) is 88.6 cm³/mol. The summed E-state index contributed by atoms with van der Waals surface area (Å²) in [6, 6.07) is 15.2. The molecular weight excluding hydrogens is 314 g/mol. The van der Waals surface area contributed by atoms with Crippen molar-refractivity contribution in [1.82, 2.24) is 14.9 Å². The summed E-state index contributed by atoms with van der Waals surface area (Å²) >= 11 is 6.09. The van der Waals surface area contributed by atoms with E-state index in [-0.39, 0.29) is 5.91 Å². The highest BCUT2D eigenvalue weighted by atomic mass is 35.5. The molecule has 6 heteroatoms. The van der Waals surface area contributed by atoms with Crippen LogP contribution in [-0.2, 0) is 16.2 Å². The van der Waals surface area contributed by atoms with Gasteiger partial charge < -0.3 is 0 Å². The minimum absolute atomic E-state index is 0.302. The van der Waals surface area contributed by atoms with E-state index in [9.17, 15) is 4.79 Å². The van der Waals surface area contributed by atoms with Crippen LogP contribution in [0.25, 0.3) is 11.7 Å². The van der Waals surface area contributed by atoms with Crippen molar-refractivity contribution in [3.63, 3.8) is 0 Å². The zero-order valence-corrected chi connectivity index (χ0v) is 12.9. The summed E-state index contributed by atoms with van der Waals surface area (Å²) in [6.07, 6.45) is 4.79. The molecule has 1 amide bonds. The smallest absolute Gasteiger partial charge is 0.267 e. The first-order valence-electron chi connectivity index (χ1n) is 7.00. The van der Waals surface area contributed by atoms with E-state index in [1.165, 1.54) is 6.08 Å². The zero-order chi connectivity index (χ0) is 16.1. The molecule has 1 aromatic carbocycles. The molecule has 0 saturated heterocycles. The molecule has 2 aromatic heterocycles. The fourth-order valence-corrected chi connectivity index (χ4v) is 2.33. The lowest BCUT2D eigenvalue weighted by Crippen LogP contribution is -2.21. The molecule has 1 N–H and O–H groups in total. The van der Waals surface area contributed by atoms with Crippen molar-refractivity contribution in [2.45, 2.75) is 6.61 Å². The number of nitrogens with zero attached hydrogens (tertiary/aromatic N) is 2. The Kier molecular flexibility index (Phi) is 4.71. The Bertz CT molecular complexity index is 843. The number of carbonyl (C=O) groups excluding carboxylic acids is 1. The second kappa shape index (κ2) is 7.09. The van der Waals surface area contributed by atoms with Crippen LogP contribution in [0, 0.1) is 0 Å². The first-order chi connectivity index (χ1) is 11.2. The molecule has 0 aliphatic rings. The maximum Gasteiger partial charge on any atom is 0.267 e. The van der Waals surface area contributed by atoms with E-state index in [2.05, 4.69) is 10.5 Å². The van der Waals surface area contributed by atoms with Crippen molar-refractivity contribution in [1.29, 1.82) is 0 Å². The van der Waals surface area contributed by atoms with Crippen molar-refractivity contribution in [2.24, 2.45) is 0 Å². The van der Waals surface area contributed by atoms with Gasteiger partial charge in [0.2, 0.25) is 0 Å². The summed E-state index contributed by atoms with van der Waals surface area (Å²) < 4.78 is 1.80. The number of hydrogen-bond donors (Lipinski definition) is 1. The predicted octanol–water partition coefficient (Wildman–Crippen LogP) is 3.25. The summed E-state index contributed by atoms with van der Waals surface area (Å²) in [5.41, 5.74) is 4.70. The van der Waals surface area contributed by atoms with Gasteiger partial charge in [0, 0.05) is 12.3 Å². The number of fused-ring (bicyclic) bond motifs is 1. The monoisotopic (exact) mass is 327 g/mol. The molecule has 0 bridgehead atoms. The van der Waals surface area contributed by atoms with E-state index in [4.69, 9.17) is 16.4 Å². The number of halogens is 1. The highest BCUT2D eigenvalue weighted by Crippen LogP contribution is 2.18. The summed E-state index contributed by atoms with van der Waals surface area (Å²) in [5, 5.41) is 0.338. The number of amides is 1. The van der Waals surface area contributed by atoms with Crippen molar-refractivity contribution in [3.05, 3.63) is 77.2 Å². The molecule has 116 valence electrons. The maximum atomic E-state index is 11.8. The molecular formula is C17H14ClN3O2. The van der Waals surface area contributed by atoms with Gasteiger partial charge in [-0.2, -0.15) is 0 Å². The molecule has 3 rings (SSSR count). The molecule has 5 nitrogen and oxygen atoms in total. The second-order valence-corrected chi connectivity index (χ2v) is 5.15. The minimum atomic E-state index is -0.372. The van der Waals surface area contributed by atoms with Crippen LogP contribution in [0.4, 0.5) is 0 Å². The van der Waals surface area contributed by atoms with E-state index >= 15 is 0 Å². The standard InChI is InChI=1S/C17H14ClN3O2/c18-17-14(21-11-5-4-8-15(21)19-17)9-10-16(22)20-23-12-13-6-2-1-3-7-13/h1-11H,12H2,(H,20,22)/b10-9-. The number of nitrogens with one attached hydrogen (secondary N) is 1. The average molecular weight is 328 g/mol. The van der Waals surface area contributed by atoms with Gasteiger partial charge in [0.05, 0.1) is 12.3 Å². The topological polar surface area (TPSA) is 55.6 Å². The van der Waals surface area contributed by atoms with E-state index < -0.39 is 0 Å². The quantitative estimate of drug-likeness (QED) is 0.578. The number of pyridine rings is 1. The fourth-order valence-electron chi connectivity index (χ4n) is 2.09. The highest BCUT2D eigenvalue weighted by molar-refractivity contribution is 6.31. The Morgan fingerprint density at radius 2 is 2.00 bits per heavy atom. The number of carbonyl (C=O) groups is 1. The lowest BCUT2D eigenvalue weighted by Gasteiger charge is -2.03. The van der Waals surface area contributed by atoms with Gasteiger partial charge in [0.25, 0.3) is 5.91 Å². The first-order valence-corrected chi connectivity index (χ1v) is 7.38.